The van der Waals surface area contributed by atoms with Gasteiger partial charge in [-0.05, 0) is 61.1 Å². The van der Waals surface area contributed by atoms with Crippen molar-refractivity contribution in [2.75, 3.05) is 24.5 Å². The summed E-state index contributed by atoms with van der Waals surface area (Å²) >= 11 is 6.15. The molecule has 2 aromatic carbocycles. The van der Waals surface area contributed by atoms with Gasteiger partial charge in [0.05, 0.1) is 5.56 Å². The Bertz CT molecular complexity index is 755. The molecule has 1 heterocycles. The number of anilines is 1. The molecular weight excluding hydrogens is 348 g/mol. The third-order valence-corrected chi connectivity index (χ3v) is 5.17. The second-order valence-electron chi connectivity index (χ2n) is 6.91. The quantitative estimate of drug-likeness (QED) is 0.808. The Balaban J connectivity index is 1.70. The predicted octanol–water partition coefficient (Wildman–Crippen LogP) is 4.57. The molecule has 1 fully saturated rings. The normalized spacial score (nSPS) is 15.5. The minimum absolute atomic E-state index is 0.0984. The number of carbonyl (C=O) groups excluding carboxylic acids is 1. The summed E-state index contributed by atoms with van der Waals surface area (Å²) in [5.74, 6) is 0.297. The summed E-state index contributed by atoms with van der Waals surface area (Å²) in [6.45, 7) is 4.53. The van der Waals surface area contributed by atoms with Crippen LogP contribution in [0.1, 0.15) is 48.0 Å². The predicted molar refractivity (Wildman–Crippen MR) is 106 cm³/mol. The number of nitrogens with one attached hydrogen (secondary N) is 1. The number of amides is 1. The maximum Gasteiger partial charge on any atom is 0.253 e. The minimum atomic E-state index is -0.0984. The van der Waals surface area contributed by atoms with Crippen molar-refractivity contribution in [1.29, 1.82) is 0 Å². The van der Waals surface area contributed by atoms with Gasteiger partial charge in [0.1, 0.15) is 5.75 Å². The average Bonchev–Trinajstić information content (AvgIpc) is 2.67. The molecule has 0 aromatic heterocycles. The Morgan fingerprint density at radius 1 is 1.15 bits per heavy atom. The lowest BCUT2D eigenvalue weighted by molar-refractivity contribution is 0.0952. The largest absolute Gasteiger partial charge is 0.508 e. The molecule has 2 N–H and O–H groups in total. The molecule has 0 bridgehead atoms. The van der Waals surface area contributed by atoms with Crippen LogP contribution in [-0.2, 0) is 0 Å². The van der Waals surface area contributed by atoms with E-state index in [0.717, 1.165) is 37.2 Å². The first-order valence-electron chi connectivity index (χ1n) is 9.16. The molecule has 0 radical (unpaired) electrons. The van der Waals surface area contributed by atoms with E-state index < -0.39 is 0 Å². The zero-order valence-electron chi connectivity index (χ0n) is 15.0. The topological polar surface area (TPSA) is 52.6 Å². The van der Waals surface area contributed by atoms with E-state index in [0.29, 0.717) is 17.1 Å². The lowest BCUT2D eigenvalue weighted by Crippen LogP contribution is -2.33. The van der Waals surface area contributed by atoms with Gasteiger partial charge < -0.3 is 15.3 Å². The SMILES string of the molecule is CC(CNC(=O)c1cc(Cl)ccc1N1CCCCC1)c1ccc(O)cc1. The molecule has 0 aliphatic carbocycles. The van der Waals surface area contributed by atoms with Crippen LogP contribution in [0.4, 0.5) is 5.69 Å². The monoisotopic (exact) mass is 372 g/mol. The van der Waals surface area contributed by atoms with Gasteiger partial charge in [0.2, 0.25) is 0 Å². The van der Waals surface area contributed by atoms with Crippen molar-refractivity contribution in [2.24, 2.45) is 0 Å². The van der Waals surface area contributed by atoms with Crippen molar-refractivity contribution >= 4 is 23.2 Å². The van der Waals surface area contributed by atoms with Crippen LogP contribution in [0.15, 0.2) is 42.5 Å². The lowest BCUT2D eigenvalue weighted by Gasteiger charge is -2.30. The van der Waals surface area contributed by atoms with Gasteiger partial charge in [-0.1, -0.05) is 30.7 Å². The van der Waals surface area contributed by atoms with Crippen LogP contribution in [0.25, 0.3) is 0 Å². The first kappa shape index (κ1) is 18.6. The number of aromatic hydroxyl groups is 1. The molecule has 1 atom stereocenters. The van der Waals surface area contributed by atoms with Crippen LogP contribution >= 0.6 is 11.6 Å². The molecule has 0 saturated carbocycles. The summed E-state index contributed by atoms with van der Waals surface area (Å²) in [4.78, 5) is 15.1. The Morgan fingerprint density at radius 3 is 2.54 bits per heavy atom. The number of phenolic OH excluding ortho intramolecular Hbond substituents is 1. The molecule has 1 saturated heterocycles. The fourth-order valence-electron chi connectivity index (χ4n) is 3.36. The maximum atomic E-state index is 12.8. The number of rotatable bonds is 5. The zero-order chi connectivity index (χ0) is 18.5. The van der Waals surface area contributed by atoms with Gasteiger partial charge in [-0.3, -0.25) is 4.79 Å². The summed E-state index contributed by atoms with van der Waals surface area (Å²) in [6.07, 6.45) is 3.55. The highest BCUT2D eigenvalue weighted by molar-refractivity contribution is 6.31. The van der Waals surface area contributed by atoms with Gasteiger partial charge in [-0.2, -0.15) is 0 Å². The Morgan fingerprint density at radius 2 is 1.85 bits per heavy atom. The number of nitrogens with zero attached hydrogens (tertiary/aromatic N) is 1. The number of piperidine rings is 1. The second kappa shape index (κ2) is 8.45. The third-order valence-electron chi connectivity index (χ3n) is 4.93. The smallest absolute Gasteiger partial charge is 0.253 e. The highest BCUT2D eigenvalue weighted by Crippen LogP contribution is 2.27. The number of phenols is 1. The van der Waals surface area contributed by atoms with Gasteiger partial charge in [0.25, 0.3) is 5.91 Å². The van der Waals surface area contributed by atoms with Crippen LogP contribution in [0.5, 0.6) is 5.75 Å². The molecule has 0 spiro atoms. The van der Waals surface area contributed by atoms with E-state index in [2.05, 4.69) is 17.1 Å². The van der Waals surface area contributed by atoms with Crippen LogP contribution in [0.3, 0.4) is 0 Å². The van der Waals surface area contributed by atoms with E-state index in [9.17, 15) is 9.90 Å². The molecular formula is C21H25ClN2O2. The lowest BCUT2D eigenvalue weighted by atomic mass is 10.0. The summed E-state index contributed by atoms with van der Waals surface area (Å²) in [6, 6.07) is 12.6. The van der Waals surface area contributed by atoms with E-state index >= 15 is 0 Å². The number of hydrogen-bond acceptors (Lipinski definition) is 3. The molecule has 1 aliphatic rings. The van der Waals surface area contributed by atoms with E-state index in [-0.39, 0.29) is 17.6 Å². The Kier molecular flexibility index (Phi) is 6.04. The van der Waals surface area contributed by atoms with Gasteiger partial charge in [-0.25, -0.2) is 0 Å². The molecule has 26 heavy (non-hydrogen) atoms. The van der Waals surface area contributed by atoms with Crippen LogP contribution < -0.4 is 10.2 Å². The Hall–Kier alpha value is -2.20. The number of hydrogen-bond donors (Lipinski definition) is 2. The van der Waals surface area contributed by atoms with E-state index in [1.165, 1.54) is 6.42 Å². The highest BCUT2D eigenvalue weighted by atomic mass is 35.5. The van der Waals surface area contributed by atoms with E-state index in [1.807, 2.05) is 24.3 Å². The maximum absolute atomic E-state index is 12.8. The van der Waals surface area contributed by atoms with Crippen LogP contribution in [0.2, 0.25) is 5.02 Å². The first-order valence-corrected chi connectivity index (χ1v) is 9.54. The average molecular weight is 373 g/mol. The van der Waals surface area contributed by atoms with Crippen molar-refractivity contribution < 1.29 is 9.90 Å². The molecule has 1 unspecified atom stereocenters. The standard InChI is InChI=1S/C21H25ClN2O2/c1-15(16-5-8-18(25)9-6-16)14-23-21(26)19-13-17(22)7-10-20(19)24-11-3-2-4-12-24/h5-10,13,15,25H,2-4,11-12,14H2,1H3,(H,23,26). The molecule has 5 heteroatoms. The van der Waals surface area contributed by atoms with Crippen LogP contribution in [0, 0.1) is 0 Å². The molecule has 3 rings (SSSR count). The van der Waals surface area contributed by atoms with Crippen molar-refractivity contribution in [3.05, 3.63) is 58.6 Å². The van der Waals surface area contributed by atoms with Crippen molar-refractivity contribution in [3.8, 4) is 5.75 Å². The van der Waals surface area contributed by atoms with Crippen molar-refractivity contribution in [3.63, 3.8) is 0 Å². The molecule has 1 aliphatic heterocycles. The van der Waals surface area contributed by atoms with Gasteiger partial charge in [0.15, 0.2) is 0 Å². The molecule has 138 valence electrons. The minimum Gasteiger partial charge on any atom is -0.508 e. The highest BCUT2D eigenvalue weighted by Gasteiger charge is 2.19. The number of benzene rings is 2. The fourth-order valence-corrected chi connectivity index (χ4v) is 3.53. The van der Waals surface area contributed by atoms with E-state index in [1.54, 1.807) is 18.2 Å². The summed E-state index contributed by atoms with van der Waals surface area (Å²) in [7, 11) is 0. The molecule has 4 nitrogen and oxygen atoms in total. The van der Waals surface area contributed by atoms with Gasteiger partial charge >= 0.3 is 0 Å². The number of halogens is 1. The van der Waals surface area contributed by atoms with Crippen molar-refractivity contribution in [1.82, 2.24) is 5.32 Å². The molecule has 1 amide bonds. The second-order valence-corrected chi connectivity index (χ2v) is 7.35. The Labute approximate surface area is 159 Å². The first-order chi connectivity index (χ1) is 12.5. The zero-order valence-corrected chi connectivity index (χ0v) is 15.8. The van der Waals surface area contributed by atoms with Gasteiger partial charge in [-0.15, -0.1) is 0 Å². The van der Waals surface area contributed by atoms with Crippen LogP contribution in [-0.4, -0.2) is 30.6 Å². The third kappa shape index (κ3) is 4.50. The summed E-state index contributed by atoms with van der Waals surface area (Å²) in [5.41, 5.74) is 2.67. The van der Waals surface area contributed by atoms with E-state index in [4.69, 9.17) is 11.6 Å². The summed E-state index contributed by atoms with van der Waals surface area (Å²) in [5, 5.41) is 13.0. The fraction of sp³-hybridized carbons (Fsp3) is 0.381. The van der Waals surface area contributed by atoms with Crippen molar-refractivity contribution in [2.45, 2.75) is 32.1 Å². The molecule has 2 aromatic rings. The number of carbonyl (C=O) groups is 1. The van der Waals surface area contributed by atoms with Gasteiger partial charge in [0, 0.05) is 30.3 Å². The summed E-state index contributed by atoms with van der Waals surface area (Å²) < 4.78 is 0.